The average molecular weight is 397 g/mol. The van der Waals surface area contributed by atoms with E-state index in [1.54, 1.807) is 6.07 Å². The number of anilines is 1. The van der Waals surface area contributed by atoms with Gasteiger partial charge in [-0.1, -0.05) is 54.1 Å². The number of carbonyl (C=O) groups excluding carboxylic acids is 1. The van der Waals surface area contributed by atoms with Gasteiger partial charge in [0.1, 0.15) is 6.54 Å². The molecule has 0 spiro atoms. The van der Waals surface area contributed by atoms with Crippen molar-refractivity contribution in [3.05, 3.63) is 77.4 Å². The summed E-state index contributed by atoms with van der Waals surface area (Å²) in [6.07, 6.45) is 1.11. The lowest BCUT2D eigenvalue weighted by Crippen LogP contribution is -2.40. The summed E-state index contributed by atoms with van der Waals surface area (Å²) in [5.74, 6) is -0.349. The first-order valence-corrected chi connectivity index (χ1v) is 10.9. The average Bonchev–Trinajstić information content (AvgIpc) is 2.64. The monoisotopic (exact) mass is 396 g/mol. The third-order valence-corrected chi connectivity index (χ3v) is 5.74. The predicted molar refractivity (Wildman–Crippen MR) is 114 cm³/mol. The molecule has 0 saturated heterocycles. The van der Waals surface area contributed by atoms with Crippen LogP contribution in [0.4, 0.5) is 5.69 Å². The second-order valence-electron chi connectivity index (χ2n) is 7.02. The van der Waals surface area contributed by atoms with Gasteiger partial charge >= 0.3 is 0 Å². The Morgan fingerprint density at radius 3 is 2.36 bits per heavy atom. The molecule has 3 aromatic carbocycles. The van der Waals surface area contributed by atoms with Gasteiger partial charge in [-0.05, 0) is 47.9 Å². The highest BCUT2D eigenvalue weighted by atomic mass is 32.2. The van der Waals surface area contributed by atoms with Crippen LogP contribution in [-0.2, 0) is 21.4 Å². The lowest BCUT2D eigenvalue weighted by atomic mass is 10.1. The minimum atomic E-state index is -3.59. The number of carbonyl (C=O) groups is 1. The van der Waals surface area contributed by atoms with Gasteiger partial charge in [0.25, 0.3) is 0 Å². The topological polar surface area (TPSA) is 66.5 Å². The molecule has 0 aromatic heterocycles. The van der Waals surface area contributed by atoms with E-state index >= 15 is 0 Å². The van der Waals surface area contributed by atoms with Gasteiger partial charge in [0.2, 0.25) is 15.9 Å². The largest absolute Gasteiger partial charge is 0.350 e. The van der Waals surface area contributed by atoms with Crippen LogP contribution in [0.2, 0.25) is 0 Å². The van der Waals surface area contributed by atoms with Crippen molar-refractivity contribution in [2.24, 2.45) is 0 Å². The zero-order valence-electron chi connectivity index (χ0n) is 16.3. The van der Waals surface area contributed by atoms with Gasteiger partial charge < -0.3 is 5.32 Å². The number of fused-ring (bicyclic) bond motifs is 1. The minimum absolute atomic E-state index is 0.254. The molecule has 146 valence electrons. The number of aryl methyl sites for hydroxylation is 2. The molecule has 0 aliphatic carbocycles. The van der Waals surface area contributed by atoms with E-state index in [4.69, 9.17) is 0 Å². The molecule has 0 bridgehead atoms. The molecule has 0 aliphatic rings. The van der Waals surface area contributed by atoms with Crippen molar-refractivity contribution in [2.45, 2.75) is 20.4 Å². The summed E-state index contributed by atoms with van der Waals surface area (Å²) in [6.45, 7) is 3.87. The van der Waals surface area contributed by atoms with Crippen LogP contribution >= 0.6 is 0 Å². The number of rotatable bonds is 6. The van der Waals surface area contributed by atoms with Crippen LogP contribution < -0.4 is 9.62 Å². The molecule has 0 saturated carbocycles. The van der Waals surface area contributed by atoms with E-state index in [2.05, 4.69) is 5.32 Å². The highest BCUT2D eigenvalue weighted by Gasteiger charge is 2.22. The Hall–Kier alpha value is -2.86. The fourth-order valence-electron chi connectivity index (χ4n) is 3.20. The smallest absolute Gasteiger partial charge is 0.241 e. The van der Waals surface area contributed by atoms with Crippen molar-refractivity contribution in [3.8, 4) is 0 Å². The summed E-state index contributed by atoms with van der Waals surface area (Å²) in [5, 5.41) is 5.06. The SMILES string of the molecule is Cc1ccc(N(CC(=O)NCc2ccc3ccccc3c2)S(C)(=O)=O)c(C)c1. The van der Waals surface area contributed by atoms with Gasteiger partial charge in [0.05, 0.1) is 11.9 Å². The Bertz CT molecular complexity index is 1120. The van der Waals surface area contributed by atoms with Gasteiger partial charge in [0.15, 0.2) is 0 Å². The van der Waals surface area contributed by atoms with Crippen LogP contribution in [-0.4, -0.2) is 27.1 Å². The Balaban J connectivity index is 1.73. The normalized spacial score (nSPS) is 11.4. The van der Waals surface area contributed by atoms with E-state index in [1.165, 1.54) is 0 Å². The van der Waals surface area contributed by atoms with E-state index in [9.17, 15) is 13.2 Å². The Kier molecular flexibility index (Phi) is 5.70. The second-order valence-corrected chi connectivity index (χ2v) is 8.92. The van der Waals surface area contributed by atoms with E-state index in [-0.39, 0.29) is 12.5 Å². The molecule has 6 heteroatoms. The first-order chi connectivity index (χ1) is 13.2. The number of nitrogens with zero attached hydrogens (tertiary/aromatic N) is 1. The van der Waals surface area contributed by atoms with Crippen LogP contribution in [0, 0.1) is 13.8 Å². The number of amides is 1. The molecule has 0 unspecified atom stereocenters. The summed E-state index contributed by atoms with van der Waals surface area (Å²) < 4.78 is 25.7. The third-order valence-electron chi connectivity index (χ3n) is 4.61. The maximum Gasteiger partial charge on any atom is 0.241 e. The molecule has 0 radical (unpaired) electrons. The highest BCUT2D eigenvalue weighted by Crippen LogP contribution is 2.23. The summed E-state index contributed by atoms with van der Waals surface area (Å²) in [7, 11) is -3.59. The Morgan fingerprint density at radius 2 is 1.68 bits per heavy atom. The third kappa shape index (κ3) is 4.70. The van der Waals surface area contributed by atoms with E-state index in [1.807, 2.05) is 68.4 Å². The number of hydrogen-bond acceptors (Lipinski definition) is 3. The highest BCUT2D eigenvalue weighted by molar-refractivity contribution is 7.92. The van der Waals surface area contributed by atoms with Gasteiger partial charge in [-0.25, -0.2) is 8.42 Å². The summed E-state index contributed by atoms with van der Waals surface area (Å²) >= 11 is 0. The van der Waals surface area contributed by atoms with Gasteiger partial charge in [-0.2, -0.15) is 0 Å². The van der Waals surface area contributed by atoms with Crippen LogP contribution in [0.15, 0.2) is 60.7 Å². The lowest BCUT2D eigenvalue weighted by molar-refractivity contribution is -0.119. The summed E-state index contributed by atoms with van der Waals surface area (Å²) in [6, 6.07) is 19.5. The van der Waals surface area contributed by atoms with Crippen LogP contribution in [0.25, 0.3) is 10.8 Å². The van der Waals surface area contributed by atoms with Crippen LogP contribution in [0.3, 0.4) is 0 Å². The van der Waals surface area contributed by atoms with Gasteiger partial charge in [-0.3, -0.25) is 9.10 Å². The quantitative estimate of drug-likeness (QED) is 0.693. The second kappa shape index (κ2) is 8.02. The lowest BCUT2D eigenvalue weighted by Gasteiger charge is -2.24. The van der Waals surface area contributed by atoms with Crippen LogP contribution in [0.5, 0.6) is 0 Å². The van der Waals surface area contributed by atoms with E-state index < -0.39 is 10.0 Å². The van der Waals surface area contributed by atoms with Gasteiger partial charge in [0, 0.05) is 6.54 Å². The number of sulfonamides is 1. The van der Waals surface area contributed by atoms with Crippen molar-refractivity contribution in [1.29, 1.82) is 0 Å². The van der Waals surface area contributed by atoms with Crippen molar-refractivity contribution in [3.63, 3.8) is 0 Å². The fraction of sp³-hybridized carbons (Fsp3) is 0.227. The minimum Gasteiger partial charge on any atom is -0.350 e. The molecule has 0 aliphatic heterocycles. The van der Waals surface area contributed by atoms with E-state index in [0.29, 0.717) is 12.2 Å². The molecule has 5 nitrogen and oxygen atoms in total. The molecule has 0 atom stereocenters. The van der Waals surface area contributed by atoms with Crippen molar-refractivity contribution < 1.29 is 13.2 Å². The zero-order chi connectivity index (χ0) is 20.3. The Labute approximate surface area is 166 Å². The predicted octanol–water partition coefficient (Wildman–Crippen LogP) is 3.54. The van der Waals surface area contributed by atoms with Crippen molar-refractivity contribution >= 4 is 32.4 Å². The molecule has 0 heterocycles. The first-order valence-electron chi connectivity index (χ1n) is 9.03. The number of hydrogen-bond donors (Lipinski definition) is 1. The fourth-order valence-corrected chi connectivity index (χ4v) is 4.12. The summed E-state index contributed by atoms with van der Waals surface area (Å²) in [4.78, 5) is 12.5. The van der Waals surface area contributed by atoms with Gasteiger partial charge in [-0.15, -0.1) is 0 Å². The van der Waals surface area contributed by atoms with Crippen molar-refractivity contribution in [1.82, 2.24) is 5.32 Å². The molecule has 3 rings (SSSR count). The van der Waals surface area contributed by atoms with Crippen LogP contribution in [0.1, 0.15) is 16.7 Å². The molecular formula is C22H24N2O3S. The molecule has 1 amide bonds. The molecule has 1 N–H and O–H groups in total. The molecule has 3 aromatic rings. The number of nitrogens with one attached hydrogen (secondary N) is 1. The maximum absolute atomic E-state index is 12.5. The summed E-state index contributed by atoms with van der Waals surface area (Å²) in [5.41, 5.74) is 3.33. The Morgan fingerprint density at radius 1 is 0.964 bits per heavy atom. The first kappa shape index (κ1) is 19.9. The molecular weight excluding hydrogens is 372 g/mol. The zero-order valence-corrected chi connectivity index (χ0v) is 17.1. The van der Waals surface area contributed by atoms with Crippen molar-refractivity contribution in [2.75, 3.05) is 17.1 Å². The number of benzene rings is 3. The van der Waals surface area contributed by atoms with E-state index in [0.717, 1.165) is 38.0 Å². The maximum atomic E-state index is 12.5. The molecule has 28 heavy (non-hydrogen) atoms. The standard InChI is InChI=1S/C22H24N2O3S/c1-16-8-11-21(17(2)12-16)24(28(3,26)27)15-22(25)23-14-18-9-10-19-6-4-5-7-20(19)13-18/h4-13H,14-15H2,1-3H3,(H,23,25). The molecule has 0 fully saturated rings.